The summed E-state index contributed by atoms with van der Waals surface area (Å²) in [4.78, 5) is 0. The van der Waals surface area contributed by atoms with Crippen molar-refractivity contribution in [3.8, 4) is 23.0 Å². The van der Waals surface area contributed by atoms with Crippen molar-refractivity contribution >= 4 is 37.5 Å². The molecule has 0 saturated heterocycles. The SMILES string of the molecule is Oc1cc2cc3cc(O)c(O)c(CBr)c3cc2cc1O. The third kappa shape index (κ3) is 1.82. The van der Waals surface area contributed by atoms with Gasteiger partial charge in [0, 0.05) is 10.9 Å². The van der Waals surface area contributed by atoms with E-state index < -0.39 is 0 Å². The summed E-state index contributed by atoms with van der Waals surface area (Å²) in [7, 11) is 0. The largest absolute Gasteiger partial charge is 0.504 e. The van der Waals surface area contributed by atoms with Crippen molar-refractivity contribution < 1.29 is 20.4 Å². The minimum Gasteiger partial charge on any atom is -0.504 e. The van der Waals surface area contributed by atoms with E-state index in [1.165, 1.54) is 18.2 Å². The lowest BCUT2D eigenvalue weighted by Gasteiger charge is -2.11. The number of fused-ring (bicyclic) bond motifs is 2. The van der Waals surface area contributed by atoms with E-state index in [-0.39, 0.29) is 23.0 Å². The van der Waals surface area contributed by atoms with Crippen LogP contribution in [0.3, 0.4) is 0 Å². The molecule has 0 saturated carbocycles. The molecule has 20 heavy (non-hydrogen) atoms. The molecular weight excluding hydrogens is 324 g/mol. The van der Waals surface area contributed by atoms with E-state index in [1.807, 2.05) is 0 Å². The summed E-state index contributed by atoms with van der Waals surface area (Å²) in [5.74, 6) is -0.730. The van der Waals surface area contributed by atoms with Crippen LogP contribution in [0.2, 0.25) is 0 Å². The first kappa shape index (κ1) is 12.9. The summed E-state index contributed by atoms with van der Waals surface area (Å²) in [6, 6.07) is 7.99. The maximum absolute atomic E-state index is 9.90. The van der Waals surface area contributed by atoms with Gasteiger partial charge in [0.15, 0.2) is 23.0 Å². The minimum absolute atomic E-state index is 0.156. The molecule has 3 aromatic carbocycles. The molecule has 0 amide bonds. The van der Waals surface area contributed by atoms with Gasteiger partial charge in [0.1, 0.15) is 0 Å². The number of phenols is 4. The first-order valence-corrected chi connectivity index (χ1v) is 7.02. The molecule has 0 radical (unpaired) electrons. The van der Waals surface area contributed by atoms with Gasteiger partial charge in [-0.2, -0.15) is 0 Å². The molecular formula is C15H11BrO4. The van der Waals surface area contributed by atoms with Crippen LogP contribution in [0.15, 0.2) is 30.3 Å². The number of alkyl halides is 1. The molecule has 0 aliphatic carbocycles. The van der Waals surface area contributed by atoms with Crippen molar-refractivity contribution in [2.75, 3.05) is 0 Å². The molecule has 5 heteroatoms. The summed E-state index contributed by atoms with van der Waals surface area (Å²) in [6.07, 6.45) is 0. The number of aromatic hydroxyl groups is 4. The van der Waals surface area contributed by atoms with Gasteiger partial charge in [-0.05, 0) is 51.9 Å². The van der Waals surface area contributed by atoms with Gasteiger partial charge in [-0.1, -0.05) is 15.9 Å². The Morgan fingerprint density at radius 1 is 0.700 bits per heavy atom. The molecule has 102 valence electrons. The van der Waals surface area contributed by atoms with Gasteiger partial charge in [0.2, 0.25) is 0 Å². The molecule has 0 aromatic heterocycles. The zero-order valence-electron chi connectivity index (χ0n) is 10.3. The second-order valence-electron chi connectivity index (χ2n) is 4.62. The molecule has 3 aromatic rings. The second-order valence-corrected chi connectivity index (χ2v) is 5.18. The van der Waals surface area contributed by atoms with Crippen LogP contribution in [0.5, 0.6) is 23.0 Å². The van der Waals surface area contributed by atoms with Gasteiger partial charge in [0.25, 0.3) is 0 Å². The summed E-state index contributed by atoms with van der Waals surface area (Å²) in [5.41, 5.74) is 0.578. The topological polar surface area (TPSA) is 80.9 Å². The third-order valence-corrected chi connectivity index (χ3v) is 3.94. The van der Waals surface area contributed by atoms with E-state index in [0.29, 0.717) is 10.9 Å². The van der Waals surface area contributed by atoms with Crippen LogP contribution in [0, 0.1) is 0 Å². The highest BCUT2D eigenvalue weighted by molar-refractivity contribution is 9.08. The van der Waals surface area contributed by atoms with Crippen molar-refractivity contribution in [1.82, 2.24) is 0 Å². The minimum atomic E-state index is -0.194. The predicted octanol–water partition coefficient (Wildman–Crippen LogP) is 3.71. The van der Waals surface area contributed by atoms with Crippen LogP contribution in [0.1, 0.15) is 5.56 Å². The quantitative estimate of drug-likeness (QED) is 0.310. The number of rotatable bonds is 1. The van der Waals surface area contributed by atoms with Crippen molar-refractivity contribution in [2.24, 2.45) is 0 Å². The Balaban J connectivity index is 2.47. The molecule has 0 bridgehead atoms. The van der Waals surface area contributed by atoms with E-state index in [0.717, 1.165) is 21.5 Å². The molecule has 4 nitrogen and oxygen atoms in total. The van der Waals surface area contributed by atoms with E-state index >= 15 is 0 Å². The van der Waals surface area contributed by atoms with Gasteiger partial charge >= 0.3 is 0 Å². The predicted molar refractivity (Wildman–Crippen MR) is 80.7 cm³/mol. The maximum atomic E-state index is 9.90. The molecule has 0 atom stereocenters. The molecule has 0 aliphatic rings. The fourth-order valence-electron chi connectivity index (χ4n) is 2.36. The number of hydrogen-bond acceptors (Lipinski definition) is 4. The van der Waals surface area contributed by atoms with E-state index in [4.69, 9.17) is 0 Å². The standard InChI is InChI=1S/C15H11BrO4/c16-6-11-10-2-8-4-13(18)12(17)3-7(8)1-9(10)5-14(19)15(11)20/h1-5,17-20H,6H2. The second kappa shape index (κ2) is 4.45. The lowest BCUT2D eigenvalue weighted by atomic mass is 9.99. The van der Waals surface area contributed by atoms with Crippen LogP contribution >= 0.6 is 15.9 Å². The normalized spacial score (nSPS) is 11.2. The summed E-state index contributed by atoms with van der Waals surface area (Å²) in [6.45, 7) is 0. The first-order valence-electron chi connectivity index (χ1n) is 5.90. The highest BCUT2D eigenvalue weighted by Gasteiger charge is 2.13. The van der Waals surface area contributed by atoms with Crippen molar-refractivity contribution in [3.63, 3.8) is 0 Å². The number of phenolic OH excluding ortho intramolecular Hbond substituents is 4. The van der Waals surface area contributed by atoms with E-state index in [9.17, 15) is 20.4 Å². The molecule has 3 rings (SSSR count). The molecule has 0 heterocycles. The Labute approximate surface area is 122 Å². The van der Waals surface area contributed by atoms with Gasteiger partial charge in [-0.3, -0.25) is 0 Å². The van der Waals surface area contributed by atoms with Crippen LogP contribution in [-0.4, -0.2) is 20.4 Å². The average molecular weight is 335 g/mol. The molecule has 4 N–H and O–H groups in total. The number of hydrogen-bond donors (Lipinski definition) is 4. The zero-order chi connectivity index (χ0) is 14.4. The first-order chi connectivity index (χ1) is 9.51. The van der Waals surface area contributed by atoms with E-state index in [1.54, 1.807) is 12.1 Å². The smallest absolute Gasteiger partial charge is 0.162 e. The fourth-order valence-corrected chi connectivity index (χ4v) is 2.92. The molecule has 0 unspecified atom stereocenters. The fraction of sp³-hybridized carbons (Fsp3) is 0.0667. The van der Waals surface area contributed by atoms with Crippen molar-refractivity contribution in [1.29, 1.82) is 0 Å². The van der Waals surface area contributed by atoms with Crippen LogP contribution in [0.25, 0.3) is 21.5 Å². The summed E-state index contributed by atoms with van der Waals surface area (Å²) < 4.78 is 0. The zero-order valence-corrected chi connectivity index (χ0v) is 11.8. The average Bonchev–Trinajstić information content (AvgIpc) is 2.40. The monoisotopic (exact) mass is 334 g/mol. The highest BCUT2D eigenvalue weighted by Crippen LogP contribution is 2.40. The maximum Gasteiger partial charge on any atom is 0.162 e. The lowest BCUT2D eigenvalue weighted by molar-refractivity contribution is 0.402. The summed E-state index contributed by atoms with van der Waals surface area (Å²) >= 11 is 3.29. The molecule has 0 fully saturated rings. The third-order valence-electron chi connectivity index (χ3n) is 3.38. The van der Waals surface area contributed by atoms with Gasteiger partial charge in [-0.25, -0.2) is 0 Å². The van der Waals surface area contributed by atoms with Crippen LogP contribution in [0.4, 0.5) is 0 Å². The Bertz CT molecular complexity index is 843. The number of halogens is 1. The van der Waals surface area contributed by atoms with Crippen LogP contribution in [-0.2, 0) is 5.33 Å². The highest BCUT2D eigenvalue weighted by atomic mass is 79.9. The van der Waals surface area contributed by atoms with Gasteiger partial charge in [0.05, 0.1) is 0 Å². The Kier molecular flexibility index (Phi) is 2.87. The van der Waals surface area contributed by atoms with Crippen molar-refractivity contribution in [2.45, 2.75) is 5.33 Å². The number of benzene rings is 3. The van der Waals surface area contributed by atoms with Gasteiger partial charge in [-0.15, -0.1) is 0 Å². The van der Waals surface area contributed by atoms with Gasteiger partial charge < -0.3 is 20.4 Å². The summed E-state index contributed by atoms with van der Waals surface area (Å²) in [5, 5.41) is 42.1. The Hall–Kier alpha value is -2.14. The van der Waals surface area contributed by atoms with Crippen molar-refractivity contribution in [3.05, 3.63) is 35.9 Å². The molecule has 0 spiro atoms. The Morgan fingerprint density at radius 2 is 1.25 bits per heavy atom. The van der Waals surface area contributed by atoms with E-state index in [2.05, 4.69) is 15.9 Å². The lowest BCUT2D eigenvalue weighted by Crippen LogP contribution is -1.86. The Morgan fingerprint density at radius 3 is 1.85 bits per heavy atom. The van der Waals surface area contributed by atoms with Crippen LogP contribution < -0.4 is 0 Å². The molecule has 0 aliphatic heterocycles.